The summed E-state index contributed by atoms with van der Waals surface area (Å²) >= 11 is 3.54. The molecule has 1 rings (SSSR count). The number of hydrogen-bond donors (Lipinski definition) is 1. The monoisotopic (exact) mass is 302 g/mol. The van der Waals surface area contributed by atoms with Crippen molar-refractivity contribution in [2.45, 2.75) is 26.8 Å². The van der Waals surface area contributed by atoms with Crippen molar-refractivity contribution in [3.8, 4) is 0 Å². The maximum Gasteiger partial charge on any atom is 0.0738 e. The van der Waals surface area contributed by atoms with Gasteiger partial charge in [-0.05, 0) is 63.4 Å². The van der Waals surface area contributed by atoms with Crippen LogP contribution in [0.2, 0.25) is 0 Å². The van der Waals surface area contributed by atoms with Crippen LogP contribution in [0.25, 0.3) is 0 Å². The topological polar surface area (TPSA) is 33.1 Å². The third kappa shape index (κ3) is 4.77. The van der Waals surface area contributed by atoms with Gasteiger partial charge in [-0.1, -0.05) is 0 Å². The molecule has 1 aromatic heterocycles. The maximum absolute atomic E-state index is 4.48. The summed E-state index contributed by atoms with van der Waals surface area (Å²) in [5.41, 5.74) is 2.27. The molecule has 1 heterocycles. The molecule has 0 amide bonds. The van der Waals surface area contributed by atoms with E-state index in [2.05, 4.69) is 56.9 Å². The fourth-order valence-electron chi connectivity index (χ4n) is 1.72. The van der Waals surface area contributed by atoms with Crippen molar-refractivity contribution in [1.82, 2.24) is 20.0 Å². The Kier molecular flexibility index (Phi) is 6.16. The van der Waals surface area contributed by atoms with Gasteiger partial charge in [-0.2, -0.15) is 5.10 Å². The summed E-state index contributed by atoms with van der Waals surface area (Å²) in [6.07, 6.45) is 1.19. The Hall–Kier alpha value is -0.390. The second kappa shape index (κ2) is 7.13. The first-order valence-corrected chi connectivity index (χ1v) is 6.86. The van der Waals surface area contributed by atoms with Crippen LogP contribution in [-0.4, -0.2) is 48.4 Å². The lowest BCUT2D eigenvalue weighted by Gasteiger charge is -2.10. The second-order valence-corrected chi connectivity index (χ2v) is 5.41. The highest BCUT2D eigenvalue weighted by molar-refractivity contribution is 9.10. The smallest absolute Gasteiger partial charge is 0.0738 e. The van der Waals surface area contributed by atoms with Crippen molar-refractivity contribution in [3.05, 3.63) is 15.9 Å². The van der Waals surface area contributed by atoms with Crippen molar-refractivity contribution in [3.63, 3.8) is 0 Å². The van der Waals surface area contributed by atoms with Gasteiger partial charge in [-0.15, -0.1) is 0 Å². The van der Waals surface area contributed by atoms with E-state index < -0.39 is 0 Å². The number of aromatic nitrogens is 2. The van der Waals surface area contributed by atoms with Crippen LogP contribution in [0.5, 0.6) is 0 Å². The molecule has 0 saturated heterocycles. The van der Waals surface area contributed by atoms with Gasteiger partial charge in [-0.3, -0.25) is 4.68 Å². The molecule has 1 aromatic rings. The van der Waals surface area contributed by atoms with Gasteiger partial charge >= 0.3 is 0 Å². The Morgan fingerprint density at radius 1 is 1.29 bits per heavy atom. The predicted octanol–water partition coefficient (Wildman–Crippen LogP) is 1.80. The number of rotatable bonds is 7. The van der Waals surface area contributed by atoms with Crippen LogP contribution in [0.3, 0.4) is 0 Å². The van der Waals surface area contributed by atoms with E-state index in [0.717, 1.165) is 36.3 Å². The molecule has 1 N–H and O–H groups in total. The van der Waals surface area contributed by atoms with Crippen LogP contribution < -0.4 is 5.32 Å². The van der Waals surface area contributed by atoms with Gasteiger partial charge in [0, 0.05) is 12.2 Å². The molecular formula is C12H23BrN4. The van der Waals surface area contributed by atoms with Crippen molar-refractivity contribution in [1.29, 1.82) is 0 Å². The summed E-state index contributed by atoms with van der Waals surface area (Å²) in [6.45, 7) is 8.23. The zero-order valence-electron chi connectivity index (χ0n) is 11.3. The Morgan fingerprint density at radius 3 is 2.53 bits per heavy atom. The minimum atomic E-state index is 0.931. The lowest BCUT2D eigenvalue weighted by Crippen LogP contribution is -2.25. The molecule has 17 heavy (non-hydrogen) atoms. The first kappa shape index (κ1) is 14.7. The van der Waals surface area contributed by atoms with Crippen molar-refractivity contribution >= 4 is 15.9 Å². The quantitative estimate of drug-likeness (QED) is 0.780. The number of nitrogens with one attached hydrogen (secondary N) is 1. The summed E-state index contributed by atoms with van der Waals surface area (Å²) in [7, 11) is 4.21. The van der Waals surface area contributed by atoms with E-state index in [9.17, 15) is 0 Å². The van der Waals surface area contributed by atoms with Gasteiger partial charge < -0.3 is 10.2 Å². The van der Waals surface area contributed by atoms with E-state index >= 15 is 0 Å². The van der Waals surface area contributed by atoms with Crippen molar-refractivity contribution < 1.29 is 0 Å². The summed E-state index contributed by atoms with van der Waals surface area (Å²) in [5, 5.41) is 7.92. The Bertz CT molecular complexity index is 347. The summed E-state index contributed by atoms with van der Waals surface area (Å²) < 4.78 is 3.18. The Morgan fingerprint density at radius 2 is 2.00 bits per heavy atom. The fourth-order valence-corrected chi connectivity index (χ4v) is 2.01. The van der Waals surface area contributed by atoms with E-state index in [-0.39, 0.29) is 0 Å². The zero-order chi connectivity index (χ0) is 12.8. The first-order chi connectivity index (χ1) is 8.02. The van der Waals surface area contributed by atoms with Gasteiger partial charge in [0.25, 0.3) is 0 Å². The zero-order valence-corrected chi connectivity index (χ0v) is 12.8. The normalized spacial score (nSPS) is 11.4. The number of halogens is 1. The van der Waals surface area contributed by atoms with Gasteiger partial charge in [-0.25, -0.2) is 0 Å². The molecular weight excluding hydrogens is 280 g/mol. The predicted molar refractivity (Wildman–Crippen MR) is 75.4 cm³/mol. The van der Waals surface area contributed by atoms with E-state index in [4.69, 9.17) is 0 Å². The van der Waals surface area contributed by atoms with Gasteiger partial charge in [0.15, 0.2) is 0 Å². The molecule has 0 aliphatic carbocycles. The van der Waals surface area contributed by atoms with Gasteiger partial charge in [0.1, 0.15) is 0 Å². The molecule has 0 aromatic carbocycles. The molecule has 0 atom stereocenters. The molecule has 0 radical (unpaired) electrons. The molecule has 0 bridgehead atoms. The molecule has 0 spiro atoms. The molecule has 98 valence electrons. The highest BCUT2D eigenvalue weighted by Gasteiger charge is 2.07. The van der Waals surface area contributed by atoms with Crippen molar-refractivity contribution in [2.75, 3.05) is 33.7 Å². The third-order valence-corrected chi connectivity index (χ3v) is 3.90. The molecule has 0 fully saturated rings. The number of nitrogens with zero attached hydrogens (tertiary/aromatic N) is 3. The fraction of sp³-hybridized carbons (Fsp3) is 0.750. The molecule has 0 saturated carbocycles. The molecule has 0 aliphatic heterocycles. The van der Waals surface area contributed by atoms with Gasteiger partial charge in [0.2, 0.25) is 0 Å². The van der Waals surface area contributed by atoms with E-state index in [1.165, 1.54) is 12.1 Å². The Balaban J connectivity index is 2.20. The van der Waals surface area contributed by atoms with Crippen LogP contribution in [0.1, 0.15) is 17.8 Å². The van der Waals surface area contributed by atoms with Crippen molar-refractivity contribution in [2.24, 2.45) is 0 Å². The Labute approximate surface area is 113 Å². The van der Waals surface area contributed by atoms with Crippen LogP contribution >= 0.6 is 15.9 Å². The summed E-state index contributed by atoms with van der Waals surface area (Å²) in [6, 6.07) is 0. The highest BCUT2D eigenvalue weighted by atomic mass is 79.9. The minimum Gasteiger partial charge on any atom is -0.315 e. The lowest BCUT2D eigenvalue weighted by atomic mass is 10.4. The van der Waals surface area contributed by atoms with E-state index in [0.29, 0.717) is 0 Å². The van der Waals surface area contributed by atoms with Crippen LogP contribution in [-0.2, 0) is 6.54 Å². The van der Waals surface area contributed by atoms with Crippen LogP contribution in [0.4, 0.5) is 0 Å². The van der Waals surface area contributed by atoms with E-state index in [1.54, 1.807) is 0 Å². The standard InChI is InChI=1S/C12H23BrN4/c1-10-12(13)11(2)17(15-10)9-7-14-6-5-8-16(3)4/h14H,5-9H2,1-4H3. The molecule has 0 aliphatic rings. The molecule has 0 unspecified atom stereocenters. The average molecular weight is 303 g/mol. The molecule has 4 nitrogen and oxygen atoms in total. The van der Waals surface area contributed by atoms with E-state index in [1.807, 2.05) is 6.92 Å². The number of hydrogen-bond acceptors (Lipinski definition) is 3. The average Bonchev–Trinajstić information content (AvgIpc) is 2.51. The SMILES string of the molecule is Cc1nn(CCNCCCN(C)C)c(C)c1Br. The summed E-state index contributed by atoms with van der Waals surface area (Å²) in [5.74, 6) is 0. The maximum atomic E-state index is 4.48. The third-order valence-electron chi connectivity index (χ3n) is 2.75. The minimum absolute atomic E-state index is 0.931. The highest BCUT2D eigenvalue weighted by Crippen LogP contribution is 2.19. The molecule has 5 heteroatoms. The number of aryl methyl sites for hydroxylation is 1. The van der Waals surface area contributed by atoms with Crippen LogP contribution in [0, 0.1) is 13.8 Å². The first-order valence-electron chi connectivity index (χ1n) is 6.07. The lowest BCUT2D eigenvalue weighted by molar-refractivity contribution is 0.392. The van der Waals surface area contributed by atoms with Crippen LogP contribution in [0.15, 0.2) is 4.47 Å². The largest absolute Gasteiger partial charge is 0.315 e. The van der Waals surface area contributed by atoms with Gasteiger partial charge in [0.05, 0.1) is 16.7 Å². The second-order valence-electron chi connectivity index (χ2n) is 4.61. The summed E-state index contributed by atoms with van der Waals surface area (Å²) in [4.78, 5) is 2.21.